The van der Waals surface area contributed by atoms with E-state index < -0.39 is 0 Å². The maximum atomic E-state index is 5.32. The van der Waals surface area contributed by atoms with E-state index in [1.54, 1.807) is 0 Å². The van der Waals surface area contributed by atoms with Gasteiger partial charge in [-0.2, -0.15) is 0 Å². The summed E-state index contributed by atoms with van der Waals surface area (Å²) in [7, 11) is 0. The smallest absolute Gasteiger partial charge is 0.106 e. The SMILES string of the molecule is CC(I)OCCCl. The van der Waals surface area contributed by atoms with Gasteiger partial charge in [0.05, 0.1) is 6.61 Å². The lowest BCUT2D eigenvalue weighted by Gasteiger charge is -2.00. The molecule has 0 aromatic rings. The second kappa shape index (κ2) is 5.12. The monoisotopic (exact) mass is 234 g/mol. The van der Waals surface area contributed by atoms with Gasteiger partial charge in [-0.1, -0.05) is 22.6 Å². The Kier molecular flexibility index (Phi) is 5.84. The minimum atomic E-state index is 0.288. The van der Waals surface area contributed by atoms with E-state index in [4.69, 9.17) is 16.3 Å². The Bertz CT molecular complexity index is 40.7. The third kappa shape index (κ3) is 6.98. The van der Waals surface area contributed by atoms with Gasteiger partial charge in [-0.25, -0.2) is 0 Å². The summed E-state index contributed by atoms with van der Waals surface area (Å²) in [6.07, 6.45) is 0. The molecule has 0 aliphatic rings. The molecule has 0 fully saturated rings. The van der Waals surface area contributed by atoms with Crippen molar-refractivity contribution in [3.05, 3.63) is 0 Å². The minimum Gasteiger partial charge on any atom is -0.367 e. The van der Waals surface area contributed by atoms with Crippen molar-refractivity contribution >= 4 is 34.2 Å². The molecule has 0 aromatic heterocycles. The lowest BCUT2D eigenvalue weighted by Crippen LogP contribution is -2.00. The van der Waals surface area contributed by atoms with Crippen LogP contribution in [0.2, 0.25) is 0 Å². The molecule has 0 rings (SSSR count). The van der Waals surface area contributed by atoms with Crippen molar-refractivity contribution < 1.29 is 4.74 Å². The topological polar surface area (TPSA) is 9.23 Å². The molecule has 0 aliphatic heterocycles. The average Bonchev–Trinajstić information content (AvgIpc) is 1.61. The van der Waals surface area contributed by atoms with Crippen LogP contribution < -0.4 is 0 Å². The van der Waals surface area contributed by atoms with Crippen LogP contribution in [-0.2, 0) is 4.74 Å². The van der Waals surface area contributed by atoms with Gasteiger partial charge in [0.25, 0.3) is 0 Å². The van der Waals surface area contributed by atoms with Gasteiger partial charge in [0.15, 0.2) is 0 Å². The molecule has 0 heterocycles. The van der Waals surface area contributed by atoms with Gasteiger partial charge in [0.2, 0.25) is 0 Å². The molecule has 0 amide bonds. The number of hydrogen-bond acceptors (Lipinski definition) is 1. The van der Waals surface area contributed by atoms with Crippen LogP contribution in [0.3, 0.4) is 0 Å². The summed E-state index contributed by atoms with van der Waals surface area (Å²) < 4.78 is 5.33. The maximum absolute atomic E-state index is 5.32. The molecule has 0 N–H and O–H groups in total. The normalized spacial score (nSPS) is 14.1. The first kappa shape index (κ1) is 7.98. The Morgan fingerprint density at radius 1 is 1.86 bits per heavy atom. The van der Waals surface area contributed by atoms with Crippen molar-refractivity contribution in [1.82, 2.24) is 0 Å². The Labute approximate surface area is 62.5 Å². The van der Waals surface area contributed by atoms with E-state index >= 15 is 0 Å². The fraction of sp³-hybridized carbons (Fsp3) is 1.00. The highest BCUT2D eigenvalue weighted by Gasteiger charge is 1.89. The lowest BCUT2D eigenvalue weighted by molar-refractivity contribution is 0.150. The van der Waals surface area contributed by atoms with Gasteiger partial charge < -0.3 is 4.74 Å². The number of hydrogen-bond donors (Lipinski definition) is 0. The molecule has 1 atom stereocenters. The Balaban J connectivity index is 2.68. The second-order valence-corrected chi connectivity index (χ2v) is 3.23. The van der Waals surface area contributed by atoms with Gasteiger partial charge in [-0.3, -0.25) is 0 Å². The largest absolute Gasteiger partial charge is 0.367 e. The van der Waals surface area contributed by atoms with Crippen molar-refractivity contribution in [2.45, 2.75) is 11.0 Å². The van der Waals surface area contributed by atoms with Crippen molar-refractivity contribution in [2.24, 2.45) is 0 Å². The Morgan fingerprint density at radius 3 is 2.57 bits per heavy atom. The van der Waals surface area contributed by atoms with E-state index in [2.05, 4.69) is 22.6 Å². The molecule has 0 radical (unpaired) electrons. The molecule has 0 spiro atoms. The molecular formula is C4H8ClIO. The van der Waals surface area contributed by atoms with Gasteiger partial charge in [-0.05, 0) is 6.92 Å². The molecule has 1 unspecified atom stereocenters. The molecule has 0 saturated heterocycles. The van der Waals surface area contributed by atoms with E-state index in [0.717, 1.165) is 0 Å². The predicted octanol–water partition coefficient (Wildman–Crippen LogP) is 2.02. The number of alkyl halides is 2. The third-order valence-electron chi connectivity index (χ3n) is 0.425. The molecule has 1 nitrogen and oxygen atoms in total. The average molecular weight is 234 g/mol. The van der Waals surface area contributed by atoms with Crippen LogP contribution in [0.4, 0.5) is 0 Å². The van der Waals surface area contributed by atoms with Crippen LogP contribution in [0, 0.1) is 0 Å². The molecule has 7 heavy (non-hydrogen) atoms. The summed E-state index contributed by atoms with van der Waals surface area (Å²) >= 11 is 7.50. The number of halogens is 2. The Morgan fingerprint density at radius 2 is 2.43 bits per heavy atom. The number of rotatable bonds is 3. The molecule has 0 aromatic carbocycles. The minimum absolute atomic E-state index is 0.288. The molecule has 3 heteroatoms. The fourth-order valence-corrected chi connectivity index (χ4v) is 0.550. The molecule has 0 saturated carbocycles. The zero-order valence-electron chi connectivity index (χ0n) is 4.16. The van der Waals surface area contributed by atoms with Crippen molar-refractivity contribution in [3.63, 3.8) is 0 Å². The first-order valence-electron chi connectivity index (χ1n) is 2.09. The molecular weight excluding hydrogens is 226 g/mol. The van der Waals surface area contributed by atoms with Crippen molar-refractivity contribution in [2.75, 3.05) is 12.5 Å². The van der Waals surface area contributed by atoms with Gasteiger partial charge >= 0.3 is 0 Å². The first-order valence-corrected chi connectivity index (χ1v) is 3.87. The number of ether oxygens (including phenoxy) is 1. The van der Waals surface area contributed by atoms with Crippen LogP contribution in [0.1, 0.15) is 6.92 Å². The van der Waals surface area contributed by atoms with Crippen LogP contribution in [-0.4, -0.2) is 16.6 Å². The molecule has 0 aliphatic carbocycles. The Hall–Kier alpha value is 0.980. The zero-order chi connectivity index (χ0) is 5.70. The van der Waals surface area contributed by atoms with Gasteiger partial charge in [0.1, 0.15) is 4.11 Å². The summed E-state index contributed by atoms with van der Waals surface area (Å²) in [5.74, 6) is 0.591. The van der Waals surface area contributed by atoms with Crippen LogP contribution >= 0.6 is 34.2 Å². The summed E-state index contributed by atoms with van der Waals surface area (Å²) in [5.41, 5.74) is 0. The van der Waals surface area contributed by atoms with Crippen molar-refractivity contribution in [3.8, 4) is 0 Å². The first-order chi connectivity index (χ1) is 3.27. The van der Waals surface area contributed by atoms with Gasteiger partial charge in [0, 0.05) is 5.88 Å². The third-order valence-corrected chi connectivity index (χ3v) is 0.939. The van der Waals surface area contributed by atoms with E-state index in [0.29, 0.717) is 12.5 Å². The zero-order valence-corrected chi connectivity index (χ0v) is 7.07. The molecule has 0 bridgehead atoms. The van der Waals surface area contributed by atoms with Crippen molar-refractivity contribution in [1.29, 1.82) is 0 Å². The predicted molar refractivity (Wildman–Crippen MR) is 40.2 cm³/mol. The van der Waals surface area contributed by atoms with Gasteiger partial charge in [-0.15, -0.1) is 11.6 Å². The summed E-state index contributed by atoms with van der Waals surface area (Å²) in [6, 6.07) is 0. The van der Waals surface area contributed by atoms with E-state index in [1.165, 1.54) is 0 Å². The van der Waals surface area contributed by atoms with E-state index in [-0.39, 0.29) is 4.11 Å². The summed E-state index contributed by atoms with van der Waals surface area (Å²) in [6.45, 7) is 2.64. The lowest BCUT2D eigenvalue weighted by atomic mass is 10.8. The summed E-state index contributed by atoms with van der Waals surface area (Å²) in [4.78, 5) is 0. The standard InChI is InChI=1S/C4H8ClIO/c1-4(6)7-3-2-5/h4H,2-3H2,1H3. The summed E-state index contributed by atoms with van der Waals surface area (Å²) in [5, 5.41) is 0. The highest BCUT2D eigenvalue weighted by atomic mass is 127. The van der Waals surface area contributed by atoms with Crippen LogP contribution in [0.15, 0.2) is 0 Å². The van der Waals surface area contributed by atoms with E-state index in [9.17, 15) is 0 Å². The fourth-order valence-electron chi connectivity index (χ4n) is 0.207. The van der Waals surface area contributed by atoms with Crippen LogP contribution in [0.5, 0.6) is 0 Å². The molecule has 44 valence electrons. The van der Waals surface area contributed by atoms with E-state index in [1.807, 2.05) is 6.92 Å². The highest BCUT2D eigenvalue weighted by molar-refractivity contribution is 14.1. The van der Waals surface area contributed by atoms with Crippen LogP contribution in [0.25, 0.3) is 0 Å². The maximum Gasteiger partial charge on any atom is 0.106 e. The highest BCUT2D eigenvalue weighted by Crippen LogP contribution is 1.98. The second-order valence-electron chi connectivity index (χ2n) is 1.10. The quantitative estimate of drug-likeness (QED) is 0.536.